The van der Waals surface area contributed by atoms with Gasteiger partial charge >= 0.3 is 6.01 Å². The molecule has 0 amide bonds. The molecule has 1 fully saturated rings. The maximum Gasteiger partial charge on any atom is 0.321 e. The monoisotopic (exact) mass is 469 g/mol. The smallest absolute Gasteiger partial charge is 0.321 e. The Morgan fingerprint density at radius 2 is 1.74 bits per heavy atom. The second kappa shape index (κ2) is 10.0. The first-order valence-electron chi connectivity index (χ1n) is 11.6. The summed E-state index contributed by atoms with van der Waals surface area (Å²) in [4.78, 5) is 29.3. The van der Waals surface area contributed by atoms with E-state index in [1.807, 2.05) is 42.8 Å². The van der Waals surface area contributed by atoms with Crippen LogP contribution < -0.4 is 9.64 Å². The Morgan fingerprint density at radius 1 is 0.971 bits per heavy atom. The molecule has 4 aromatic rings. The molecule has 0 bridgehead atoms. The van der Waals surface area contributed by atoms with Gasteiger partial charge in [-0.2, -0.15) is 5.10 Å². The molecule has 0 saturated carbocycles. The number of anilines is 1. The number of pyridine rings is 1. The Kier molecular flexibility index (Phi) is 6.49. The van der Waals surface area contributed by atoms with E-state index in [0.717, 1.165) is 60.7 Å². The summed E-state index contributed by atoms with van der Waals surface area (Å²) in [5.41, 5.74) is 4.99. The van der Waals surface area contributed by atoms with Crippen LogP contribution >= 0.6 is 0 Å². The zero-order valence-electron chi connectivity index (χ0n) is 19.8. The Morgan fingerprint density at radius 3 is 2.40 bits per heavy atom. The van der Waals surface area contributed by atoms with Gasteiger partial charge in [0.05, 0.1) is 11.9 Å². The van der Waals surface area contributed by atoms with Crippen molar-refractivity contribution in [2.75, 3.05) is 31.1 Å². The molecule has 5 rings (SSSR count). The lowest BCUT2D eigenvalue weighted by Gasteiger charge is -2.39. The van der Waals surface area contributed by atoms with Gasteiger partial charge in [-0.3, -0.25) is 14.7 Å². The molecule has 4 heterocycles. The number of carbonyl (C=O) groups is 1. The van der Waals surface area contributed by atoms with E-state index < -0.39 is 0 Å². The number of benzene rings is 1. The number of para-hydroxylation sites is 1. The van der Waals surface area contributed by atoms with Gasteiger partial charge in [-0.15, -0.1) is 0 Å². The van der Waals surface area contributed by atoms with Crippen molar-refractivity contribution in [3.8, 4) is 22.9 Å². The highest BCUT2D eigenvalue weighted by Gasteiger charge is 2.27. The van der Waals surface area contributed by atoms with Crippen molar-refractivity contribution in [3.05, 3.63) is 78.6 Å². The first kappa shape index (κ1) is 22.7. The molecule has 9 heteroatoms. The summed E-state index contributed by atoms with van der Waals surface area (Å²) in [5.74, 6) is 0.590. The number of hydrogen-bond donors (Lipinski definition) is 0. The second-order valence-corrected chi connectivity index (χ2v) is 8.51. The molecule has 0 radical (unpaired) electrons. The molecule has 1 saturated heterocycles. The molecule has 9 nitrogen and oxygen atoms in total. The fourth-order valence-corrected chi connectivity index (χ4v) is 4.45. The van der Waals surface area contributed by atoms with Crippen LogP contribution in [0, 0.1) is 13.8 Å². The average Bonchev–Trinajstić information content (AvgIpc) is 3.23. The molecule has 0 aliphatic carbocycles. The predicted molar refractivity (Wildman–Crippen MR) is 132 cm³/mol. The van der Waals surface area contributed by atoms with E-state index in [1.165, 1.54) is 0 Å². The van der Waals surface area contributed by atoms with Gasteiger partial charge in [-0.25, -0.2) is 14.6 Å². The third kappa shape index (κ3) is 4.90. The Labute approximate surface area is 204 Å². The van der Waals surface area contributed by atoms with Crippen LogP contribution in [-0.2, 0) is 4.79 Å². The number of aldehydes is 1. The van der Waals surface area contributed by atoms with E-state index in [2.05, 4.69) is 42.0 Å². The van der Waals surface area contributed by atoms with Crippen LogP contribution in [0.3, 0.4) is 0 Å². The standard InChI is InChI=1S/C26H27N7O2/c1-19-14-20(2)33(30-19)25(18-34)32-12-10-31(11-13-32)24-8-4-3-7-23(24)21-15-28-26(29-16-21)35-22-6-5-9-27-17-22/h3-9,14-18,25H,10-13H2,1-2H3. The summed E-state index contributed by atoms with van der Waals surface area (Å²) >= 11 is 0. The van der Waals surface area contributed by atoms with Crippen molar-refractivity contribution >= 4 is 12.0 Å². The zero-order valence-corrected chi connectivity index (χ0v) is 19.8. The van der Waals surface area contributed by atoms with Crippen molar-refractivity contribution in [2.24, 2.45) is 0 Å². The van der Waals surface area contributed by atoms with Gasteiger partial charge in [0, 0.05) is 67.3 Å². The van der Waals surface area contributed by atoms with E-state index in [0.29, 0.717) is 5.75 Å². The average molecular weight is 470 g/mol. The van der Waals surface area contributed by atoms with E-state index >= 15 is 0 Å². The van der Waals surface area contributed by atoms with Crippen molar-refractivity contribution in [1.29, 1.82) is 0 Å². The number of hydrogen-bond acceptors (Lipinski definition) is 8. The lowest BCUT2D eigenvalue weighted by molar-refractivity contribution is -0.116. The van der Waals surface area contributed by atoms with E-state index in [4.69, 9.17) is 4.74 Å². The van der Waals surface area contributed by atoms with E-state index in [1.54, 1.807) is 30.9 Å². The van der Waals surface area contributed by atoms with Crippen LogP contribution in [0.5, 0.6) is 11.8 Å². The molecule has 1 atom stereocenters. The number of piperazine rings is 1. The molecule has 1 unspecified atom stereocenters. The fraction of sp³-hybridized carbons (Fsp3) is 0.269. The Bertz CT molecular complexity index is 1280. The quantitative estimate of drug-likeness (QED) is 0.379. The highest BCUT2D eigenvalue weighted by atomic mass is 16.5. The topological polar surface area (TPSA) is 89.3 Å². The summed E-state index contributed by atoms with van der Waals surface area (Å²) in [7, 11) is 0. The normalized spacial score (nSPS) is 15.1. The van der Waals surface area contributed by atoms with Gasteiger partial charge < -0.3 is 9.64 Å². The highest BCUT2D eigenvalue weighted by Crippen LogP contribution is 2.32. The molecule has 35 heavy (non-hydrogen) atoms. The first-order chi connectivity index (χ1) is 17.1. The Hall–Kier alpha value is -4.11. The number of nitrogens with zero attached hydrogens (tertiary/aromatic N) is 7. The fourth-order valence-electron chi connectivity index (χ4n) is 4.45. The molecular weight excluding hydrogens is 442 g/mol. The largest absolute Gasteiger partial charge is 0.423 e. The minimum absolute atomic E-state index is 0.275. The summed E-state index contributed by atoms with van der Waals surface area (Å²) < 4.78 is 7.49. The number of aryl methyl sites for hydroxylation is 2. The van der Waals surface area contributed by atoms with Crippen LogP contribution in [0.4, 0.5) is 5.69 Å². The zero-order chi connectivity index (χ0) is 24.2. The number of rotatable bonds is 7. The number of carbonyl (C=O) groups excluding carboxylic acids is 1. The predicted octanol–water partition coefficient (Wildman–Crippen LogP) is 3.66. The lowest BCUT2D eigenvalue weighted by atomic mass is 10.1. The second-order valence-electron chi connectivity index (χ2n) is 8.51. The third-order valence-electron chi connectivity index (χ3n) is 6.13. The lowest BCUT2D eigenvalue weighted by Crippen LogP contribution is -2.49. The minimum atomic E-state index is -0.387. The van der Waals surface area contributed by atoms with Crippen molar-refractivity contribution in [2.45, 2.75) is 20.0 Å². The van der Waals surface area contributed by atoms with Gasteiger partial charge in [0.15, 0.2) is 12.5 Å². The maximum atomic E-state index is 12.0. The highest BCUT2D eigenvalue weighted by molar-refractivity contribution is 5.78. The molecule has 0 spiro atoms. The molecular formula is C26H27N7O2. The first-order valence-corrected chi connectivity index (χ1v) is 11.6. The molecule has 1 aliphatic heterocycles. The van der Waals surface area contributed by atoms with Crippen molar-refractivity contribution in [3.63, 3.8) is 0 Å². The summed E-state index contributed by atoms with van der Waals surface area (Å²) in [6, 6.07) is 14.1. The van der Waals surface area contributed by atoms with Gasteiger partial charge in [0.1, 0.15) is 5.75 Å². The van der Waals surface area contributed by atoms with Crippen LogP contribution in [0.2, 0.25) is 0 Å². The van der Waals surface area contributed by atoms with E-state index in [-0.39, 0.29) is 12.2 Å². The molecule has 0 N–H and O–H groups in total. The van der Waals surface area contributed by atoms with Crippen molar-refractivity contribution < 1.29 is 9.53 Å². The van der Waals surface area contributed by atoms with Crippen LogP contribution in [0.1, 0.15) is 17.6 Å². The molecule has 1 aromatic carbocycles. The van der Waals surface area contributed by atoms with Crippen LogP contribution in [-0.4, -0.2) is 62.1 Å². The van der Waals surface area contributed by atoms with Gasteiger partial charge in [-0.05, 0) is 38.1 Å². The van der Waals surface area contributed by atoms with Crippen LogP contribution in [0.25, 0.3) is 11.1 Å². The number of ether oxygens (including phenoxy) is 1. The van der Waals surface area contributed by atoms with Gasteiger partial charge in [-0.1, -0.05) is 18.2 Å². The SMILES string of the molecule is Cc1cc(C)n(C(C=O)N2CCN(c3ccccc3-c3cnc(Oc4cccnc4)nc3)CC2)n1. The maximum absolute atomic E-state index is 12.0. The summed E-state index contributed by atoms with van der Waals surface area (Å²) in [6.45, 7) is 7.03. The van der Waals surface area contributed by atoms with Crippen LogP contribution in [0.15, 0.2) is 67.3 Å². The van der Waals surface area contributed by atoms with Crippen molar-refractivity contribution in [1.82, 2.24) is 29.6 Å². The third-order valence-corrected chi connectivity index (χ3v) is 6.13. The summed E-state index contributed by atoms with van der Waals surface area (Å²) in [5, 5.41) is 4.52. The number of aromatic nitrogens is 5. The summed E-state index contributed by atoms with van der Waals surface area (Å²) in [6.07, 6.45) is 7.46. The Balaban J connectivity index is 1.30. The minimum Gasteiger partial charge on any atom is -0.423 e. The van der Waals surface area contributed by atoms with Gasteiger partial charge in [0.25, 0.3) is 0 Å². The molecule has 1 aliphatic rings. The van der Waals surface area contributed by atoms with E-state index in [9.17, 15) is 4.79 Å². The van der Waals surface area contributed by atoms with Gasteiger partial charge in [0.2, 0.25) is 0 Å². The molecule has 178 valence electrons. The molecule has 3 aromatic heterocycles.